The number of nitrogens with one attached hydrogen (secondary N) is 1. The van der Waals surface area contributed by atoms with Crippen LogP contribution >= 0.6 is 11.6 Å². The maximum Gasteiger partial charge on any atom is 0.322 e. The van der Waals surface area contributed by atoms with Gasteiger partial charge in [0.2, 0.25) is 0 Å². The van der Waals surface area contributed by atoms with Crippen molar-refractivity contribution < 1.29 is 19.1 Å². The summed E-state index contributed by atoms with van der Waals surface area (Å²) in [6.45, 7) is 1.68. The zero-order valence-corrected chi connectivity index (χ0v) is 11.9. The van der Waals surface area contributed by atoms with Gasteiger partial charge in [0.1, 0.15) is 0 Å². The molecule has 1 aromatic carbocycles. The normalized spacial score (nSPS) is 15.8. The van der Waals surface area contributed by atoms with Crippen LogP contribution in [0.2, 0.25) is 5.02 Å². The molecule has 1 fully saturated rings. The van der Waals surface area contributed by atoms with Crippen molar-refractivity contribution in [3.8, 4) is 0 Å². The van der Waals surface area contributed by atoms with Crippen LogP contribution in [0, 0.1) is 5.82 Å². The first-order valence-electron chi connectivity index (χ1n) is 6.41. The first-order chi connectivity index (χ1) is 9.97. The second-order valence-electron chi connectivity index (χ2n) is 4.69. The standard InChI is InChI=1S/C13H15ClFN3O3/c14-9-2-1-3-10(12(9)15)16-13(21)18-6-4-17(5-7-18)8-11(19)20/h1-3H,4-8H2,(H,16,21)(H,19,20). The van der Waals surface area contributed by atoms with E-state index in [1.807, 2.05) is 0 Å². The summed E-state index contributed by atoms with van der Waals surface area (Å²) < 4.78 is 13.7. The predicted octanol–water partition coefficient (Wildman–Crippen LogP) is 1.71. The van der Waals surface area contributed by atoms with E-state index in [0.29, 0.717) is 26.2 Å². The molecule has 6 nitrogen and oxygen atoms in total. The fourth-order valence-corrected chi connectivity index (χ4v) is 2.27. The molecule has 0 spiro atoms. The van der Waals surface area contributed by atoms with Crippen molar-refractivity contribution in [1.82, 2.24) is 9.80 Å². The van der Waals surface area contributed by atoms with Crippen LogP contribution in [0.5, 0.6) is 0 Å². The van der Waals surface area contributed by atoms with Crippen molar-refractivity contribution in [3.05, 3.63) is 29.0 Å². The largest absolute Gasteiger partial charge is 0.480 e. The van der Waals surface area contributed by atoms with E-state index in [0.717, 1.165) is 0 Å². The number of aliphatic carboxylic acids is 1. The van der Waals surface area contributed by atoms with Crippen LogP contribution in [0.15, 0.2) is 18.2 Å². The molecule has 2 rings (SSSR count). The highest BCUT2D eigenvalue weighted by molar-refractivity contribution is 6.31. The van der Waals surface area contributed by atoms with Crippen molar-refractivity contribution in [2.45, 2.75) is 0 Å². The van der Waals surface area contributed by atoms with Crippen LogP contribution < -0.4 is 5.32 Å². The minimum absolute atomic E-state index is 0.0282. The molecule has 1 aliphatic rings. The minimum atomic E-state index is -0.895. The Morgan fingerprint density at radius 2 is 1.95 bits per heavy atom. The summed E-state index contributed by atoms with van der Waals surface area (Å²) in [5, 5.41) is 11.1. The van der Waals surface area contributed by atoms with Crippen molar-refractivity contribution in [3.63, 3.8) is 0 Å². The number of amides is 2. The summed E-state index contributed by atoms with van der Waals surface area (Å²) >= 11 is 5.65. The molecule has 2 N–H and O–H groups in total. The summed E-state index contributed by atoms with van der Waals surface area (Å²) in [5.74, 6) is -1.56. The number of rotatable bonds is 3. The highest BCUT2D eigenvalue weighted by Crippen LogP contribution is 2.22. The molecule has 0 aromatic heterocycles. The van der Waals surface area contributed by atoms with Crippen molar-refractivity contribution in [1.29, 1.82) is 0 Å². The van der Waals surface area contributed by atoms with Crippen LogP contribution in [0.4, 0.5) is 14.9 Å². The molecule has 1 aliphatic heterocycles. The first-order valence-corrected chi connectivity index (χ1v) is 6.79. The molecule has 0 saturated carbocycles. The average molecular weight is 316 g/mol. The van der Waals surface area contributed by atoms with Gasteiger partial charge in [-0.2, -0.15) is 0 Å². The maximum atomic E-state index is 13.7. The fraction of sp³-hybridized carbons (Fsp3) is 0.385. The van der Waals surface area contributed by atoms with Gasteiger partial charge < -0.3 is 15.3 Å². The number of urea groups is 1. The molecule has 0 atom stereocenters. The van der Waals surface area contributed by atoms with E-state index in [4.69, 9.17) is 16.7 Å². The van der Waals surface area contributed by atoms with E-state index in [-0.39, 0.29) is 17.3 Å². The molecule has 1 aromatic rings. The maximum absolute atomic E-state index is 13.7. The third kappa shape index (κ3) is 4.05. The zero-order valence-electron chi connectivity index (χ0n) is 11.2. The Morgan fingerprint density at radius 3 is 2.57 bits per heavy atom. The molecule has 1 saturated heterocycles. The second-order valence-corrected chi connectivity index (χ2v) is 5.10. The lowest BCUT2D eigenvalue weighted by atomic mass is 10.3. The number of carbonyl (C=O) groups excluding carboxylic acids is 1. The SMILES string of the molecule is O=C(O)CN1CCN(C(=O)Nc2cccc(Cl)c2F)CC1. The Labute approximate surface area is 126 Å². The Balaban J connectivity index is 1.90. The lowest BCUT2D eigenvalue weighted by molar-refractivity contribution is -0.138. The molecule has 2 amide bonds. The quantitative estimate of drug-likeness (QED) is 0.890. The zero-order chi connectivity index (χ0) is 15.4. The van der Waals surface area contributed by atoms with Gasteiger partial charge in [0.05, 0.1) is 17.3 Å². The highest BCUT2D eigenvalue weighted by atomic mass is 35.5. The van der Waals surface area contributed by atoms with Gasteiger partial charge in [0, 0.05) is 26.2 Å². The number of nitrogens with zero attached hydrogens (tertiary/aromatic N) is 2. The van der Waals surface area contributed by atoms with E-state index in [2.05, 4.69) is 5.32 Å². The first kappa shape index (κ1) is 15.5. The molecule has 114 valence electrons. The number of carboxylic acid groups (broad SMARTS) is 1. The lowest BCUT2D eigenvalue weighted by Gasteiger charge is -2.33. The van der Waals surface area contributed by atoms with Crippen LogP contribution in [0.3, 0.4) is 0 Å². The molecule has 1 heterocycles. The summed E-state index contributed by atoms with van der Waals surface area (Å²) in [5.41, 5.74) is 0.0282. The monoisotopic (exact) mass is 315 g/mol. The Kier molecular flexibility index (Phi) is 4.98. The molecule has 0 bridgehead atoms. The number of hydrogen-bond acceptors (Lipinski definition) is 3. The van der Waals surface area contributed by atoms with Gasteiger partial charge in [-0.3, -0.25) is 9.69 Å². The summed E-state index contributed by atoms with van der Waals surface area (Å²) in [6, 6.07) is 3.95. The van der Waals surface area contributed by atoms with Crippen LogP contribution in [-0.2, 0) is 4.79 Å². The summed E-state index contributed by atoms with van der Waals surface area (Å²) in [4.78, 5) is 25.9. The van der Waals surface area contributed by atoms with E-state index in [1.165, 1.54) is 17.0 Å². The number of anilines is 1. The van der Waals surface area contributed by atoms with Crippen molar-refractivity contribution >= 4 is 29.3 Å². The third-order valence-corrected chi connectivity index (χ3v) is 3.50. The van der Waals surface area contributed by atoms with Gasteiger partial charge >= 0.3 is 12.0 Å². The number of carbonyl (C=O) groups is 2. The van der Waals surface area contributed by atoms with Gasteiger partial charge in [-0.25, -0.2) is 9.18 Å². The van der Waals surface area contributed by atoms with Crippen LogP contribution in [0.1, 0.15) is 0 Å². The smallest absolute Gasteiger partial charge is 0.322 e. The number of benzene rings is 1. The van der Waals surface area contributed by atoms with Crippen LogP contribution in [0.25, 0.3) is 0 Å². The van der Waals surface area contributed by atoms with Gasteiger partial charge in [-0.05, 0) is 12.1 Å². The van der Waals surface area contributed by atoms with E-state index < -0.39 is 17.8 Å². The number of carboxylic acids is 1. The Hall–Kier alpha value is -1.86. The molecule has 21 heavy (non-hydrogen) atoms. The molecule has 0 aliphatic carbocycles. The van der Waals surface area contributed by atoms with Crippen molar-refractivity contribution in [2.24, 2.45) is 0 Å². The Bertz CT molecular complexity index is 547. The number of halogens is 2. The highest BCUT2D eigenvalue weighted by Gasteiger charge is 2.23. The molecular formula is C13H15ClFN3O3. The molecular weight excluding hydrogens is 301 g/mol. The van der Waals surface area contributed by atoms with E-state index in [9.17, 15) is 14.0 Å². The predicted molar refractivity (Wildman–Crippen MR) is 76.1 cm³/mol. The molecule has 8 heteroatoms. The molecule has 0 radical (unpaired) electrons. The third-order valence-electron chi connectivity index (χ3n) is 3.21. The minimum Gasteiger partial charge on any atom is -0.480 e. The second kappa shape index (κ2) is 6.73. The van der Waals surface area contributed by atoms with E-state index in [1.54, 1.807) is 11.0 Å². The summed E-state index contributed by atoms with van der Waals surface area (Å²) in [6.07, 6.45) is 0. The molecule has 0 unspecified atom stereocenters. The van der Waals surface area contributed by atoms with Gasteiger partial charge in [0.25, 0.3) is 0 Å². The van der Waals surface area contributed by atoms with Crippen molar-refractivity contribution in [2.75, 3.05) is 38.0 Å². The number of hydrogen-bond donors (Lipinski definition) is 2. The number of piperazine rings is 1. The fourth-order valence-electron chi connectivity index (χ4n) is 2.09. The lowest BCUT2D eigenvalue weighted by Crippen LogP contribution is -2.51. The average Bonchev–Trinajstić information content (AvgIpc) is 2.44. The van der Waals surface area contributed by atoms with Gasteiger partial charge in [-0.1, -0.05) is 17.7 Å². The topological polar surface area (TPSA) is 72.9 Å². The summed E-state index contributed by atoms with van der Waals surface area (Å²) in [7, 11) is 0. The van der Waals surface area contributed by atoms with Gasteiger partial charge in [-0.15, -0.1) is 0 Å². The van der Waals surface area contributed by atoms with Crippen LogP contribution in [-0.4, -0.2) is 59.6 Å². The Morgan fingerprint density at radius 1 is 1.29 bits per heavy atom. The van der Waals surface area contributed by atoms with Gasteiger partial charge in [0.15, 0.2) is 5.82 Å². The van der Waals surface area contributed by atoms with E-state index >= 15 is 0 Å².